The van der Waals surface area contributed by atoms with Gasteiger partial charge in [-0.05, 0) is 49.2 Å². The first kappa shape index (κ1) is 13.3. The Balaban J connectivity index is 2.23. The van der Waals surface area contributed by atoms with Crippen LogP contribution in [-0.2, 0) is 0 Å². The van der Waals surface area contributed by atoms with Crippen molar-refractivity contribution in [3.05, 3.63) is 59.2 Å². The molecule has 98 valence electrons. The summed E-state index contributed by atoms with van der Waals surface area (Å²) in [4.78, 5) is 11.7. The highest BCUT2D eigenvalue weighted by molar-refractivity contribution is 5.96. The van der Waals surface area contributed by atoms with Crippen LogP contribution in [0.1, 0.15) is 34.8 Å². The average Bonchev–Trinajstić information content (AvgIpc) is 2.42. The van der Waals surface area contributed by atoms with Crippen molar-refractivity contribution in [2.75, 3.05) is 0 Å². The molecule has 19 heavy (non-hydrogen) atoms. The molecule has 0 saturated carbocycles. The van der Waals surface area contributed by atoms with E-state index >= 15 is 0 Å². The molecule has 0 fully saturated rings. The van der Waals surface area contributed by atoms with E-state index in [1.807, 2.05) is 43.3 Å². The third kappa shape index (κ3) is 3.22. The Morgan fingerprint density at radius 3 is 2.42 bits per heavy atom. The molecule has 0 spiro atoms. The molecular weight excluding hydrogens is 236 g/mol. The van der Waals surface area contributed by atoms with Gasteiger partial charge in [0.2, 0.25) is 0 Å². The van der Waals surface area contributed by atoms with Gasteiger partial charge in [-0.2, -0.15) is 0 Å². The van der Waals surface area contributed by atoms with Gasteiger partial charge in [0.1, 0.15) is 11.5 Å². The zero-order chi connectivity index (χ0) is 13.8. The fraction of sp³-hybridized carbons (Fsp3) is 0.235. The van der Waals surface area contributed by atoms with Gasteiger partial charge >= 0.3 is 0 Å². The summed E-state index contributed by atoms with van der Waals surface area (Å²) in [5.74, 6) is 1.62. The fourth-order valence-electron chi connectivity index (χ4n) is 1.85. The van der Waals surface area contributed by atoms with Crippen molar-refractivity contribution in [2.45, 2.75) is 27.2 Å². The predicted octanol–water partition coefficient (Wildman–Crippen LogP) is 4.69. The van der Waals surface area contributed by atoms with Crippen LogP contribution in [0.2, 0.25) is 0 Å². The van der Waals surface area contributed by atoms with E-state index < -0.39 is 0 Å². The SMILES string of the molecule is CCC(=O)c1cccc(Oc2ccc(C)c(C)c2)c1. The predicted molar refractivity (Wildman–Crippen MR) is 77.1 cm³/mol. The molecule has 2 nitrogen and oxygen atoms in total. The number of carbonyl (C=O) groups excluding carboxylic acids is 1. The largest absolute Gasteiger partial charge is 0.457 e. The Morgan fingerprint density at radius 2 is 1.74 bits per heavy atom. The molecule has 2 aromatic carbocycles. The molecule has 0 aliphatic carbocycles. The lowest BCUT2D eigenvalue weighted by Gasteiger charge is -2.09. The van der Waals surface area contributed by atoms with Gasteiger partial charge in [0.05, 0.1) is 0 Å². The molecule has 0 N–H and O–H groups in total. The zero-order valence-electron chi connectivity index (χ0n) is 11.6. The molecule has 0 atom stereocenters. The van der Waals surface area contributed by atoms with Gasteiger partial charge in [-0.3, -0.25) is 4.79 Å². The topological polar surface area (TPSA) is 26.3 Å². The van der Waals surface area contributed by atoms with Crippen LogP contribution < -0.4 is 4.74 Å². The van der Waals surface area contributed by atoms with Gasteiger partial charge in [-0.1, -0.05) is 25.1 Å². The monoisotopic (exact) mass is 254 g/mol. The molecule has 2 rings (SSSR count). The molecule has 2 aromatic rings. The Hall–Kier alpha value is -2.09. The lowest BCUT2D eigenvalue weighted by atomic mass is 10.1. The second-order valence-electron chi connectivity index (χ2n) is 4.65. The number of carbonyl (C=O) groups is 1. The quantitative estimate of drug-likeness (QED) is 0.740. The maximum absolute atomic E-state index is 11.7. The Morgan fingerprint density at radius 1 is 1.00 bits per heavy atom. The van der Waals surface area contributed by atoms with Crippen LogP contribution in [0.4, 0.5) is 0 Å². The zero-order valence-corrected chi connectivity index (χ0v) is 11.6. The fourth-order valence-corrected chi connectivity index (χ4v) is 1.85. The van der Waals surface area contributed by atoms with Crippen LogP contribution in [0.5, 0.6) is 11.5 Å². The van der Waals surface area contributed by atoms with Crippen molar-refractivity contribution in [3.63, 3.8) is 0 Å². The molecule has 0 bridgehead atoms. The van der Waals surface area contributed by atoms with E-state index in [1.165, 1.54) is 11.1 Å². The number of hydrogen-bond donors (Lipinski definition) is 0. The van der Waals surface area contributed by atoms with Crippen LogP contribution in [0.3, 0.4) is 0 Å². The van der Waals surface area contributed by atoms with Gasteiger partial charge in [0.15, 0.2) is 5.78 Å². The maximum Gasteiger partial charge on any atom is 0.162 e. The summed E-state index contributed by atoms with van der Waals surface area (Å²) in [7, 11) is 0. The first-order valence-corrected chi connectivity index (χ1v) is 6.48. The highest BCUT2D eigenvalue weighted by Crippen LogP contribution is 2.24. The molecule has 0 saturated heterocycles. The van der Waals surface area contributed by atoms with Crippen LogP contribution >= 0.6 is 0 Å². The summed E-state index contributed by atoms with van der Waals surface area (Å²) in [5.41, 5.74) is 3.13. The number of aryl methyl sites for hydroxylation is 2. The van der Waals surface area contributed by atoms with Crippen molar-refractivity contribution in [1.29, 1.82) is 0 Å². The summed E-state index contributed by atoms with van der Waals surface area (Å²) in [5, 5.41) is 0. The van der Waals surface area contributed by atoms with E-state index in [9.17, 15) is 4.79 Å². The molecule has 0 aliphatic rings. The van der Waals surface area contributed by atoms with Gasteiger partial charge in [-0.15, -0.1) is 0 Å². The van der Waals surface area contributed by atoms with Gasteiger partial charge in [0.25, 0.3) is 0 Å². The lowest BCUT2D eigenvalue weighted by molar-refractivity contribution is 0.0988. The van der Waals surface area contributed by atoms with Crippen molar-refractivity contribution >= 4 is 5.78 Å². The first-order chi connectivity index (χ1) is 9.10. The number of benzene rings is 2. The normalized spacial score (nSPS) is 10.3. The minimum absolute atomic E-state index is 0.130. The van der Waals surface area contributed by atoms with Gasteiger partial charge < -0.3 is 4.74 Å². The highest BCUT2D eigenvalue weighted by Gasteiger charge is 2.05. The van der Waals surface area contributed by atoms with Crippen LogP contribution in [0.15, 0.2) is 42.5 Å². The van der Waals surface area contributed by atoms with Crippen LogP contribution in [0, 0.1) is 13.8 Å². The van der Waals surface area contributed by atoms with Crippen molar-refractivity contribution < 1.29 is 9.53 Å². The molecule has 0 aromatic heterocycles. The van der Waals surface area contributed by atoms with E-state index in [2.05, 4.69) is 13.8 Å². The van der Waals surface area contributed by atoms with Gasteiger partial charge in [0, 0.05) is 12.0 Å². The summed E-state index contributed by atoms with van der Waals surface area (Å²) < 4.78 is 5.80. The summed E-state index contributed by atoms with van der Waals surface area (Å²) in [6, 6.07) is 13.3. The third-order valence-electron chi connectivity index (χ3n) is 3.19. The number of ether oxygens (including phenoxy) is 1. The summed E-state index contributed by atoms with van der Waals surface area (Å²) in [6.07, 6.45) is 0.507. The summed E-state index contributed by atoms with van der Waals surface area (Å²) in [6.45, 7) is 5.98. The molecule has 0 radical (unpaired) electrons. The minimum atomic E-state index is 0.130. The molecular formula is C17H18O2. The standard InChI is InChI=1S/C17H18O2/c1-4-17(18)14-6-5-7-15(11-14)19-16-9-8-12(2)13(3)10-16/h5-11H,4H2,1-3H3. The first-order valence-electron chi connectivity index (χ1n) is 6.48. The van der Waals surface area contributed by atoms with Crippen molar-refractivity contribution in [2.24, 2.45) is 0 Å². The van der Waals surface area contributed by atoms with E-state index in [1.54, 1.807) is 6.07 Å². The molecule has 0 aliphatic heterocycles. The third-order valence-corrected chi connectivity index (χ3v) is 3.19. The molecule has 0 amide bonds. The lowest BCUT2D eigenvalue weighted by Crippen LogP contribution is -1.96. The van der Waals surface area contributed by atoms with Crippen molar-refractivity contribution in [1.82, 2.24) is 0 Å². The summed E-state index contributed by atoms with van der Waals surface area (Å²) >= 11 is 0. The van der Waals surface area contributed by atoms with E-state index in [0.717, 1.165) is 5.75 Å². The second kappa shape index (κ2) is 5.70. The molecule has 2 heteroatoms. The highest BCUT2D eigenvalue weighted by atomic mass is 16.5. The number of rotatable bonds is 4. The van der Waals surface area contributed by atoms with Crippen LogP contribution in [0.25, 0.3) is 0 Å². The van der Waals surface area contributed by atoms with E-state index in [-0.39, 0.29) is 5.78 Å². The van der Waals surface area contributed by atoms with Gasteiger partial charge in [-0.25, -0.2) is 0 Å². The van der Waals surface area contributed by atoms with Crippen molar-refractivity contribution in [3.8, 4) is 11.5 Å². The molecule has 0 unspecified atom stereocenters. The number of ketones is 1. The van der Waals surface area contributed by atoms with Crippen LogP contribution in [-0.4, -0.2) is 5.78 Å². The second-order valence-corrected chi connectivity index (χ2v) is 4.65. The maximum atomic E-state index is 11.7. The van der Waals surface area contributed by atoms with E-state index in [4.69, 9.17) is 4.74 Å². The average molecular weight is 254 g/mol. The van der Waals surface area contributed by atoms with E-state index in [0.29, 0.717) is 17.7 Å². The Bertz CT molecular complexity index is 600. The number of hydrogen-bond acceptors (Lipinski definition) is 2. The Labute approximate surface area is 114 Å². The molecule has 0 heterocycles. The smallest absolute Gasteiger partial charge is 0.162 e. The minimum Gasteiger partial charge on any atom is -0.457 e. The number of Topliss-reactive ketones (excluding diaryl/α,β-unsaturated/α-hetero) is 1. The Kier molecular flexibility index (Phi) is 4.00.